The summed E-state index contributed by atoms with van der Waals surface area (Å²) in [6.07, 6.45) is 3.72. The summed E-state index contributed by atoms with van der Waals surface area (Å²) in [5.41, 5.74) is 6.94. The lowest BCUT2D eigenvalue weighted by atomic mass is 9.79. The van der Waals surface area contributed by atoms with Crippen molar-refractivity contribution in [3.63, 3.8) is 0 Å². The lowest BCUT2D eigenvalue weighted by Crippen LogP contribution is -2.35. The zero-order chi connectivity index (χ0) is 13.2. The van der Waals surface area contributed by atoms with Gasteiger partial charge in [0.05, 0.1) is 6.54 Å². The van der Waals surface area contributed by atoms with Crippen LogP contribution in [0, 0.1) is 6.92 Å². The Morgan fingerprint density at radius 1 is 1.37 bits per heavy atom. The second-order valence-corrected chi connectivity index (χ2v) is 6.49. The van der Waals surface area contributed by atoms with Gasteiger partial charge < -0.3 is 11.1 Å². The van der Waals surface area contributed by atoms with Crippen molar-refractivity contribution in [2.75, 3.05) is 5.32 Å². The lowest BCUT2D eigenvalue weighted by Gasteiger charge is -2.31. The first kappa shape index (κ1) is 12.6. The number of nitrogens with one attached hydrogen (secondary N) is 1. The molecular formula is C14H18N4S. The van der Waals surface area contributed by atoms with E-state index < -0.39 is 0 Å². The van der Waals surface area contributed by atoms with E-state index in [9.17, 15) is 0 Å². The summed E-state index contributed by atoms with van der Waals surface area (Å²) in [5.74, 6) is 1.42. The average Bonchev–Trinajstić information content (AvgIpc) is 2.79. The van der Waals surface area contributed by atoms with Crippen LogP contribution in [0.1, 0.15) is 34.2 Å². The topological polar surface area (TPSA) is 63.8 Å². The SMILES string of the molecule is Cc1ccc(CNc2cc(C3CC(N)C3)ncn2)s1. The molecule has 2 aromatic rings. The smallest absolute Gasteiger partial charge is 0.129 e. The van der Waals surface area contributed by atoms with E-state index in [-0.39, 0.29) is 0 Å². The molecule has 100 valence electrons. The van der Waals surface area contributed by atoms with Gasteiger partial charge in [0.25, 0.3) is 0 Å². The zero-order valence-electron chi connectivity index (χ0n) is 11.0. The molecule has 0 saturated heterocycles. The first-order valence-electron chi connectivity index (χ1n) is 6.57. The van der Waals surface area contributed by atoms with Crippen LogP contribution in [0.25, 0.3) is 0 Å². The van der Waals surface area contributed by atoms with Crippen LogP contribution in [0.15, 0.2) is 24.5 Å². The maximum absolute atomic E-state index is 5.82. The highest BCUT2D eigenvalue weighted by molar-refractivity contribution is 7.11. The highest BCUT2D eigenvalue weighted by Gasteiger charge is 2.28. The molecule has 1 aliphatic carbocycles. The van der Waals surface area contributed by atoms with Crippen LogP contribution in [0.4, 0.5) is 5.82 Å². The number of thiophene rings is 1. The molecule has 4 nitrogen and oxygen atoms in total. The fourth-order valence-electron chi connectivity index (χ4n) is 2.35. The van der Waals surface area contributed by atoms with Crippen LogP contribution in [-0.4, -0.2) is 16.0 Å². The normalized spacial score (nSPS) is 22.0. The summed E-state index contributed by atoms with van der Waals surface area (Å²) < 4.78 is 0. The summed E-state index contributed by atoms with van der Waals surface area (Å²) in [6, 6.07) is 6.70. The molecular weight excluding hydrogens is 256 g/mol. The quantitative estimate of drug-likeness (QED) is 0.899. The maximum atomic E-state index is 5.82. The average molecular weight is 274 g/mol. The molecule has 2 heterocycles. The van der Waals surface area contributed by atoms with Crippen LogP contribution in [-0.2, 0) is 6.54 Å². The lowest BCUT2D eigenvalue weighted by molar-refractivity contribution is 0.345. The molecule has 0 bridgehead atoms. The summed E-state index contributed by atoms with van der Waals surface area (Å²) in [6.45, 7) is 2.94. The summed E-state index contributed by atoms with van der Waals surface area (Å²) in [7, 11) is 0. The van der Waals surface area contributed by atoms with Crippen LogP contribution >= 0.6 is 11.3 Å². The van der Waals surface area contributed by atoms with Crippen LogP contribution in [0.2, 0.25) is 0 Å². The van der Waals surface area contributed by atoms with E-state index in [1.165, 1.54) is 9.75 Å². The Labute approximate surface area is 117 Å². The van der Waals surface area contributed by atoms with Crippen LogP contribution in [0.3, 0.4) is 0 Å². The number of aromatic nitrogens is 2. The molecule has 5 heteroatoms. The Kier molecular flexibility index (Phi) is 3.48. The number of aryl methyl sites for hydroxylation is 1. The van der Waals surface area contributed by atoms with E-state index in [2.05, 4.69) is 40.4 Å². The van der Waals surface area contributed by atoms with Gasteiger partial charge in [0.15, 0.2) is 0 Å². The van der Waals surface area contributed by atoms with Gasteiger partial charge >= 0.3 is 0 Å². The van der Waals surface area contributed by atoms with E-state index in [0.717, 1.165) is 30.9 Å². The molecule has 2 aromatic heterocycles. The molecule has 1 aliphatic rings. The Morgan fingerprint density at radius 3 is 2.89 bits per heavy atom. The molecule has 0 unspecified atom stereocenters. The molecule has 1 fully saturated rings. The molecule has 0 radical (unpaired) electrons. The zero-order valence-corrected chi connectivity index (χ0v) is 11.8. The number of hydrogen-bond acceptors (Lipinski definition) is 5. The van der Waals surface area contributed by atoms with E-state index in [1.807, 2.05) is 11.3 Å². The predicted molar refractivity (Wildman–Crippen MR) is 78.4 cm³/mol. The van der Waals surface area contributed by atoms with E-state index in [0.29, 0.717) is 12.0 Å². The fraction of sp³-hybridized carbons (Fsp3) is 0.429. The van der Waals surface area contributed by atoms with Gasteiger partial charge in [-0.25, -0.2) is 9.97 Å². The minimum Gasteiger partial charge on any atom is -0.365 e. The Morgan fingerprint density at radius 2 is 2.21 bits per heavy atom. The van der Waals surface area contributed by atoms with Gasteiger partial charge in [-0.1, -0.05) is 0 Å². The van der Waals surface area contributed by atoms with Crippen molar-refractivity contribution in [3.05, 3.63) is 40.0 Å². The fourth-order valence-corrected chi connectivity index (χ4v) is 3.18. The Balaban J connectivity index is 1.63. The third-order valence-corrected chi connectivity index (χ3v) is 4.52. The van der Waals surface area contributed by atoms with Crippen molar-refractivity contribution in [1.82, 2.24) is 9.97 Å². The molecule has 0 aliphatic heterocycles. The molecule has 0 atom stereocenters. The first-order valence-corrected chi connectivity index (χ1v) is 7.39. The van der Waals surface area contributed by atoms with Gasteiger partial charge in [0.1, 0.15) is 12.1 Å². The Hall–Kier alpha value is -1.46. The van der Waals surface area contributed by atoms with Crippen molar-refractivity contribution >= 4 is 17.2 Å². The standard InChI is InChI=1S/C14H18N4S/c1-9-2-3-12(19-9)7-16-14-6-13(17-8-18-14)10-4-11(15)5-10/h2-3,6,8,10-11H,4-5,7,15H2,1H3,(H,16,17,18). The number of rotatable bonds is 4. The molecule has 3 rings (SSSR count). The van der Waals surface area contributed by atoms with Gasteiger partial charge in [0.2, 0.25) is 0 Å². The van der Waals surface area contributed by atoms with E-state index >= 15 is 0 Å². The van der Waals surface area contributed by atoms with Crippen molar-refractivity contribution in [2.45, 2.75) is 38.3 Å². The minimum absolute atomic E-state index is 0.352. The minimum atomic E-state index is 0.352. The van der Waals surface area contributed by atoms with Crippen molar-refractivity contribution in [3.8, 4) is 0 Å². The monoisotopic (exact) mass is 274 g/mol. The maximum Gasteiger partial charge on any atom is 0.129 e. The van der Waals surface area contributed by atoms with Crippen molar-refractivity contribution < 1.29 is 0 Å². The number of anilines is 1. The molecule has 3 N–H and O–H groups in total. The molecule has 1 saturated carbocycles. The van der Waals surface area contributed by atoms with E-state index in [4.69, 9.17) is 5.73 Å². The summed E-state index contributed by atoms with van der Waals surface area (Å²) in [4.78, 5) is 11.3. The third-order valence-electron chi connectivity index (χ3n) is 3.52. The van der Waals surface area contributed by atoms with Crippen LogP contribution in [0.5, 0.6) is 0 Å². The third kappa shape index (κ3) is 2.93. The van der Waals surface area contributed by atoms with Gasteiger partial charge in [0, 0.05) is 33.5 Å². The van der Waals surface area contributed by atoms with E-state index in [1.54, 1.807) is 6.33 Å². The molecule has 0 aromatic carbocycles. The predicted octanol–water partition coefficient (Wildman–Crippen LogP) is 2.66. The summed E-state index contributed by atoms with van der Waals surface area (Å²) >= 11 is 1.81. The second-order valence-electron chi connectivity index (χ2n) is 5.12. The molecule has 0 amide bonds. The largest absolute Gasteiger partial charge is 0.365 e. The van der Waals surface area contributed by atoms with Crippen molar-refractivity contribution in [1.29, 1.82) is 0 Å². The number of nitrogens with two attached hydrogens (primary N) is 1. The number of hydrogen-bond donors (Lipinski definition) is 2. The van der Waals surface area contributed by atoms with Gasteiger partial charge in [-0.2, -0.15) is 0 Å². The highest BCUT2D eigenvalue weighted by atomic mass is 32.1. The number of nitrogens with zero attached hydrogens (tertiary/aromatic N) is 2. The molecule has 0 spiro atoms. The molecule has 19 heavy (non-hydrogen) atoms. The Bertz CT molecular complexity index is 560. The second kappa shape index (κ2) is 5.27. The van der Waals surface area contributed by atoms with Crippen LogP contribution < -0.4 is 11.1 Å². The van der Waals surface area contributed by atoms with Gasteiger partial charge in [-0.3, -0.25) is 0 Å². The highest BCUT2D eigenvalue weighted by Crippen LogP contribution is 2.34. The van der Waals surface area contributed by atoms with Crippen molar-refractivity contribution in [2.24, 2.45) is 5.73 Å². The van der Waals surface area contributed by atoms with Gasteiger partial charge in [-0.15, -0.1) is 11.3 Å². The first-order chi connectivity index (χ1) is 9.20. The summed E-state index contributed by atoms with van der Waals surface area (Å²) in [5, 5.41) is 3.36. The van der Waals surface area contributed by atoms with Gasteiger partial charge in [-0.05, 0) is 31.9 Å².